The average molecular weight is 556 g/mol. The summed E-state index contributed by atoms with van der Waals surface area (Å²) in [7, 11) is 0. The highest BCUT2D eigenvalue weighted by Gasteiger charge is 2.15. The largest absolute Gasteiger partial charge is 0.423 e. The first kappa shape index (κ1) is 28.2. The molecule has 206 valence electrons. The second-order valence-corrected chi connectivity index (χ2v) is 10.1. The average Bonchev–Trinajstić information content (AvgIpc) is 3.01. The van der Waals surface area contributed by atoms with Gasteiger partial charge in [0.05, 0.1) is 5.56 Å². The van der Waals surface area contributed by atoms with E-state index < -0.39 is 23.2 Å². The zero-order valence-electron chi connectivity index (χ0n) is 22.9. The fourth-order valence-corrected chi connectivity index (χ4v) is 4.68. The van der Waals surface area contributed by atoms with Crippen molar-refractivity contribution in [3.05, 3.63) is 160 Å². The quantitative estimate of drug-likeness (QED) is 0.109. The molecule has 0 spiro atoms. The van der Waals surface area contributed by atoms with Gasteiger partial charge in [0.1, 0.15) is 29.0 Å². The molecule has 0 aliphatic rings. The number of esters is 1. The summed E-state index contributed by atoms with van der Waals surface area (Å²) in [5.41, 5.74) is 6.35. The van der Waals surface area contributed by atoms with E-state index in [9.17, 15) is 13.6 Å². The summed E-state index contributed by atoms with van der Waals surface area (Å²) >= 11 is 0. The van der Waals surface area contributed by atoms with Crippen LogP contribution in [0.15, 0.2) is 115 Å². The second-order valence-electron chi connectivity index (χ2n) is 10.1. The molecule has 0 unspecified atom stereocenters. The van der Waals surface area contributed by atoms with Crippen LogP contribution in [0.25, 0.3) is 23.3 Å². The summed E-state index contributed by atoms with van der Waals surface area (Å²) in [4.78, 5) is 12.4. The van der Waals surface area contributed by atoms with Gasteiger partial charge in [-0.25, -0.2) is 13.6 Å². The predicted octanol–water partition coefficient (Wildman–Crippen LogP) is 9.24. The normalized spacial score (nSPS) is 11.7. The van der Waals surface area contributed by atoms with E-state index in [2.05, 4.69) is 79.7 Å². The van der Waals surface area contributed by atoms with Crippen LogP contribution in [0, 0.1) is 23.0 Å². The lowest BCUT2D eigenvalue weighted by molar-refractivity contribution is 0.0734. The molecule has 5 rings (SSSR count). The SMILES string of the molecule is C[C@@H](Cc1ccc(-c2ccc(C=Cc3ccc(C(=O)Oc4cc(F)c(C#N)c(F)c4)cc3)cc2)cc1)c1ccccc1. The van der Waals surface area contributed by atoms with Gasteiger partial charge in [0.25, 0.3) is 0 Å². The van der Waals surface area contributed by atoms with Crippen molar-refractivity contribution in [2.75, 3.05) is 0 Å². The summed E-state index contributed by atoms with van der Waals surface area (Å²) in [6, 6.07) is 37.3. The number of halogens is 2. The maximum absolute atomic E-state index is 13.8. The van der Waals surface area contributed by atoms with E-state index in [0.717, 1.165) is 40.8 Å². The lowest BCUT2D eigenvalue weighted by Gasteiger charge is -2.12. The standard InChI is InChI=1S/C37H27F2NO2/c1-25(29-5-3-2-4-6-29)21-28-13-17-31(18-14-28)30-15-9-26(10-16-30)7-8-27-11-19-32(20-12-27)37(41)42-33-22-35(38)34(24-40)36(39)23-33/h2-20,22-23,25H,21H2,1H3/t25-/m0/s1. The first-order valence-corrected chi connectivity index (χ1v) is 13.5. The molecule has 0 aliphatic heterocycles. The smallest absolute Gasteiger partial charge is 0.343 e. The molecule has 42 heavy (non-hydrogen) atoms. The Balaban J connectivity index is 1.18. The number of nitriles is 1. The summed E-state index contributed by atoms with van der Waals surface area (Å²) in [5, 5.41) is 8.77. The van der Waals surface area contributed by atoms with Gasteiger partial charge in [-0.1, -0.05) is 110 Å². The maximum Gasteiger partial charge on any atom is 0.343 e. The zero-order valence-corrected chi connectivity index (χ0v) is 22.9. The lowest BCUT2D eigenvalue weighted by Crippen LogP contribution is -2.09. The maximum atomic E-state index is 13.8. The molecule has 0 amide bonds. The number of ether oxygens (including phenoxy) is 1. The van der Waals surface area contributed by atoms with Crippen LogP contribution in [0.5, 0.6) is 5.75 Å². The molecular weight excluding hydrogens is 528 g/mol. The van der Waals surface area contributed by atoms with Gasteiger partial charge in [-0.2, -0.15) is 5.26 Å². The number of carbonyl (C=O) groups excluding carboxylic acids is 1. The minimum Gasteiger partial charge on any atom is -0.423 e. The Morgan fingerprint density at radius 1 is 0.786 bits per heavy atom. The molecular formula is C37H27F2NO2. The van der Waals surface area contributed by atoms with Crippen LogP contribution in [0.1, 0.15) is 51.0 Å². The Kier molecular flexibility index (Phi) is 8.65. The van der Waals surface area contributed by atoms with Gasteiger partial charge >= 0.3 is 5.97 Å². The summed E-state index contributed by atoms with van der Waals surface area (Å²) in [5.74, 6) is -2.79. The van der Waals surface area contributed by atoms with Gasteiger partial charge in [0, 0.05) is 12.1 Å². The van der Waals surface area contributed by atoms with Crippen LogP contribution < -0.4 is 4.74 Å². The molecule has 0 aliphatic carbocycles. The predicted molar refractivity (Wildman–Crippen MR) is 162 cm³/mol. The van der Waals surface area contributed by atoms with Crippen LogP contribution in [0.3, 0.4) is 0 Å². The zero-order chi connectivity index (χ0) is 29.5. The Morgan fingerprint density at radius 3 is 1.86 bits per heavy atom. The van der Waals surface area contributed by atoms with Gasteiger partial charge < -0.3 is 4.74 Å². The highest BCUT2D eigenvalue weighted by atomic mass is 19.1. The fourth-order valence-electron chi connectivity index (χ4n) is 4.68. The molecule has 3 nitrogen and oxygen atoms in total. The molecule has 0 fully saturated rings. The van der Waals surface area contributed by atoms with Crippen LogP contribution in [-0.2, 0) is 6.42 Å². The molecule has 0 N–H and O–H groups in total. The monoisotopic (exact) mass is 555 g/mol. The molecule has 5 aromatic carbocycles. The molecule has 0 heterocycles. The molecule has 0 bridgehead atoms. The van der Waals surface area contributed by atoms with Crippen molar-refractivity contribution in [1.29, 1.82) is 5.26 Å². The lowest BCUT2D eigenvalue weighted by atomic mass is 9.93. The Hall–Kier alpha value is -5.34. The van der Waals surface area contributed by atoms with Crippen molar-refractivity contribution in [3.8, 4) is 22.9 Å². The number of hydrogen-bond donors (Lipinski definition) is 0. The van der Waals surface area contributed by atoms with Gasteiger partial charge in [-0.15, -0.1) is 0 Å². The molecule has 0 saturated heterocycles. The third-order valence-corrected chi connectivity index (χ3v) is 7.06. The van der Waals surface area contributed by atoms with E-state index in [-0.39, 0.29) is 11.3 Å². The Labute approximate surface area is 244 Å². The third kappa shape index (κ3) is 6.86. The van der Waals surface area contributed by atoms with Gasteiger partial charge in [0.2, 0.25) is 0 Å². The molecule has 1 atom stereocenters. The number of rotatable bonds is 8. The van der Waals surface area contributed by atoms with Crippen LogP contribution in [0.4, 0.5) is 8.78 Å². The van der Waals surface area contributed by atoms with Gasteiger partial charge in [0.15, 0.2) is 0 Å². The number of carbonyl (C=O) groups is 1. The van der Waals surface area contributed by atoms with Crippen molar-refractivity contribution in [3.63, 3.8) is 0 Å². The van der Waals surface area contributed by atoms with Gasteiger partial charge in [-0.3, -0.25) is 0 Å². The Bertz CT molecular complexity index is 1730. The van der Waals surface area contributed by atoms with Crippen LogP contribution in [0.2, 0.25) is 0 Å². The van der Waals surface area contributed by atoms with E-state index >= 15 is 0 Å². The van der Waals surface area contributed by atoms with E-state index in [1.165, 1.54) is 17.2 Å². The molecule has 0 radical (unpaired) electrons. The molecule has 0 aromatic heterocycles. The van der Waals surface area contributed by atoms with Gasteiger partial charge in [-0.05, 0) is 57.9 Å². The number of hydrogen-bond acceptors (Lipinski definition) is 3. The fraction of sp³-hybridized carbons (Fsp3) is 0.0811. The van der Waals surface area contributed by atoms with Crippen LogP contribution in [-0.4, -0.2) is 5.97 Å². The highest BCUT2D eigenvalue weighted by Crippen LogP contribution is 2.25. The van der Waals surface area contributed by atoms with Crippen LogP contribution >= 0.6 is 0 Å². The topological polar surface area (TPSA) is 50.1 Å². The summed E-state index contributed by atoms with van der Waals surface area (Å²) in [6.07, 6.45) is 4.90. The van der Waals surface area contributed by atoms with Crippen molar-refractivity contribution in [2.45, 2.75) is 19.3 Å². The first-order valence-electron chi connectivity index (χ1n) is 13.5. The Morgan fingerprint density at radius 2 is 1.31 bits per heavy atom. The minimum atomic E-state index is -1.09. The second kappa shape index (κ2) is 12.9. The molecule has 5 aromatic rings. The highest BCUT2D eigenvalue weighted by molar-refractivity contribution is 5.91. The van der Waals surface area contributed by atoms with E-state index in [4.69, 9.17) is 10.00 Å². The summed E-state index contributed by atoms with van der Waals surface area (Å²) in [6.45, 7) is 2.25. The number of benzene rings is 5. The first-order chi connectivity index (χ1) is 20.4. The number of nitrogens with zero attached hydrogens (tertiary/aromatic N) is 1. The van der Waals surface area contributed by atoms with E-state index in [1.54, 1.807) is 24.3 Å². The minimum absolute atomic E-state index is 0.224. The molecule has 0 saturated carbocycles. The van der Waals surface area contributed by atoms with E-state index in [0.29, 0.717) is 5.92 Å². The van der Waals surface area contributed by atoms with E-state index in [1.807, 2.05) is 18.2 Å². The van der Waals surface area contributed by atoms with Crippen molar-refractivity contribution < 1.29 is 18.3 Å². The van der Waals surface area contributed by atoms with Crippen molar-refractivity contribution in [1.82, 2.24) is 0 Å². The summed E-state index contributed by atoms with van der Waals surface area (Å²) < 4.78 is 32.7. The third-order valence-electron chi connectivity index (χ3n) is 7.06. The van der Waals surface area contributed by atoms with Crippen molar-refractivity contribution >= 4 is 18.1 Å². The molecule has 5 heteroatoms. The van der Waals surface area contributed by atoms with Crippen molar-refractivity contribution in [2.24, 2.45) is 0 Å².